The van der Waals surface area contributed by atoms with Gasteiger partial charge < -0.3 is 10.1 Å². The van der Waals surface area contributed by atoms with E-state index in [1.807, 2.05) is 11.3 Å². The summed E-state index contributed by atoms with van der Waals surface area (Å²) in [7, 11) is 1.72. The highest BCUT2D eigenvalue weighted by Gasteiger charge is 2.17. The summed E-state index contributed by atoms with van der Waals surface area (Å²) in [6, 6.07) is 2.31. The van der Waals surface area contributed by atoms with E-state index >= 15 is 0 Å². The van der Waals surface area contributed by atoms with E-state index in [1.54, 1.807) is 23.3 Å². The minimum atomic E-state index is 0.752. The first-order chi connectivity index (χ1) is 9.86. The van der Waals surface area contributed by atoms with Crippen LogP contribution in [0.25, 0.3) is 9.88 Å². The Kier molecular flexibility index (Phi) is 4.77. The number of ether oxygens (including phenoxy) is 1. The van der Waals surface area contributed by atoms with Crippen molar-refractivity contribution in [3.05, 3.63) is 21.5 Å². The Balaban J connectivity index is 1.56. The molecule has 0 fully saturated rings. The lowest BCUT2D eigenvalue weighted by molar-refractivity contribution is 0.199. The molecule has 0 amide bonds. The van der Waals surface area contributed by atoms with E-state index in [1.165, 1.54) is 29.7 Å². The van der Waals surface area contributed by atoms with Crippen molar-refractivity contribution < 1.29 is 4.74 Å². The van der Waals surface area contributed by atoms with Gasteiger partial charge in [0.1, 0.15) is 5.01 Å². The van der Waals surface area contributed by atoms with Gasteiger partial charge in [-0.25, -0.2) is 0 Å². The fourth-order valence-corrected chi connectivity index (χ4v) is 4.52. The molecule has 2 aromatic rings. The third-order valence-electron chi connectivity index (χ3n) is 3.42. The first-order valence-electron chi connectivity index (χ1n) is 7.01. The maximum absolute atomic E-state index is 5.00. The highest BCUT2D eigenvalue weighted by atomic mass is 32.1. The molecular weight excluding hydrogens is 290 g/mol. The smallest absolute Gasteiger partial charge is 0.157 e. The standard InChI is InChI=1S/C14H19N3OS2/c1-18-8-7-15-6-5-13-16-17-14(20-13)12-9-10-3-2-4-11(10)19-12/h9,15H,2-8H2,1H3. The SMILES string of the molecule is COCCNCCc1nnc(-c2cc3c(s2)CCC3)s1. The summed E-state index contributed by atoms with van der Waals surface area (Å²) < 4.78 is 5.00. The second-order valence-electron chi connectivity index (χ2n) is 4.91. The van der Waals surface area contributed by atoms with Gasteiger partial charge in [0.2, 0.25) is 0 Å². The fourth-order valence-electron chi connectivity index (χ4n) is 2.38. The number of hydrogen-bond acceptors (Lipinski definition) is 6. The van der Waals surface area contributed by atoms with Crippen LogP contribution in [0, 0.1) is 0 Å². The number of rotatable bonds is 7. The van der Waals surface area contributed by atoms with Gasteiger partial charge in [0.15, 0.2) is 5.01 Å². The molecule has 2 aromatic heterocycles. The first kappa shape index (κ1) is 14.1. The van der Waals surface area contributed by atoms with E-state index < -0.39 is 0 Å². The maximum Gasteiger partial charge on any atom is 0.157 e. The Labute approximate surface area is 127 Å². The van der Waals surface area contributed by atoms with Gasteiger partial charge in [0.05, 0.1) is 11.5 Å². The van der Waals surface area contributed by atoms with Crippen molar-refractivity contribution in [2.45, 2.75) is 25.7 Å². The quantitative estimate of drug-likeness (QED) is 0.799. The molecule has 1 N–H and O–H groups in total. The lowest BCUT2D eigenvalue weighted by Gasteiger charge is -2.00. The number of thiophene rings is 1. The monoisotopic (exact) mass is 309 g/mol. The summed E-state index contributed by atoms with van der Waals surface area (Å²) in [6.45, 7) is 2.57. The van der Waals surface area contributed by atoms with Crippen LogP contribution in [-0.4, -0.2) is 37.0 Å². The van der Waals surface area contributed by atoms with Crippen molar-refractivity contribution in [2.24, 2.45) is 0 Å². The summed E-state index contributed by atoms with van der Waals surface area (Å²) in [4.78, 5) is 2.85. The topological polar surface area (TPSA) is 47.0 Å². The lowest BCUT2D eigenvalue weighted by atomic mass is 10.2. The molecule has 4 nitrogen and oxygen atoms in total. The number of aryl methyl sites for hydroxylation is 2. The number of methoxy groups -OCH3 is 1. The molecule has 0 saturated heterocycles. The Morgan fingerprint density at radius 2 is 2.20 bits per heavy atom. The number of aromatic nitrogens is 2. The molecule has 0 aromatic carbocycles. The van der Waals surface area contributed by atoms with E-state index in [9.17, 15) is 0 Å². The zero-order chi connectivity index (χ0) is 13.8. The van der Waals surface area contributed by atoms with Gasteiger partial charge in [-0.05, 0) is 30.9 Å². The van der Waals surface area contributed by atoms with Gasteiger partial charge in [0.25, 0.3) is 0 Å². The van der Waals surface area contributed by atoms with Crippen molar-refractivity contribution in [2.75, 3.05) is 26.8 Å². The molecule has 20 heavy (non-hydrogen) atoms. The molecule has 0 unspecified atom stereocenters. The van der Waals surface area contributed by atoms with Crippen molar-refractivity contribution in [3.63, 3.8) is 0 Å². The molecule has 0 aliphatic heterocycles. The maximum atomic E-state index is 5.00. The molecule has 1 aliphatic rings. The van der Waals surface area contributed by atoms with Crippen molar-refractivity contribution >= 4 is 22.7 Å². The van der Waals surface area contributed by atoms with Gasteiger partial charge >= 0.3 is 0 Å². The summed E-state index contributed by atoms with van der Waals surface area (Å²) in [5.41, 5.74) is 1.53. The van der Waals surface area contributed by atoms with Crippen LogP contribution >= 0.6 is 22.7 Å². The van der Waals surface area contributed by atoms with E-state index in [0.717, 1.165) is 36.1 Å². The van der Waals surface area contributed by atoms with Gasteiger partial charge in [-0.2, -0.15) is 0 Å². The van der Waals surface area contributed by atoms with Crippen LogP contribution in [0.15, 0.2) is 6.07 Å². The summed E-state index contributed by atoms with van der Waals surface area (Å²) in [6.07, 6.45) is 4.73. The van der Waals surface area contributed by atoms with Gasteiger partial charge in [-0.15, -0.1) is 21.5 Å². The zero-order valence-corrected chi connectivity index (χ0v) is 13.3. The Morgan fingerprint density at radius 1 is 1.25 bits per heavy atom. The van der Waals surface area contributed by atoms with Crippen LogP contribution in [0.4, 0.5) is 0 Å². The van der Waals surface area contributed by atoms with Crippen molar-refractivity contribution in [1.29, 1.82) is 0 Å². The minimum Gasteiger partial charge on any atom is -0.383 e. The van der Waals surface area contributed by atoms with Crippen LogP contribution in [0.3, 0.4) is 0 Å². The molecule has 0 atom stereocenters. The van der Waals surface area contributed by atoms with Crippen LogP contribution in [0.1, 0.15) is 21.9 Å². The number of nitrogens with zero attached hydrogens (tertiary/aromatic N) is 2. The van der Waals surface area contributed by atoms with E-state index in [4.69, 9.17) is 4.74 Å². The molecule has 0 radical (unpaired) electrons. The van der Waals surface area contributed by atoms with Crippen molar-refractivity contribution in [3.8, 4) is 9.88 Å². The summed E-state index contributed by atoms with van der Waals surface area (Å²) >= 11 is 3.62. The molecule has 2 heterocycles. The zero-order valence-electron chi connectivity index (χ0n) is 11.6. The molecule has 0 saturated carbocycles. The average molecular weight is 309 g/mol. The van der Waals surface area contributed by atoms with E-state index in [2.05, 4.69) is 21.6 Å². The van der Waals surface area contributed by atoms with Gasteiger partial charge in [0, 0.05) is 31.5 Å². The molecule has 0 bridgehead atoms. The predicted molar refractivity (Wildman–Crippen MR) is 83.7 cm³/mol. The molecule has 1 aliphatic carbocycles. The predicted octanol–water partition coefficient (Wildman–Crippen LogP) is 2.53. The normalized spacial score (nSPS) is 13.8. The Bertz CT molecular complexity index is 543. The fraction of sp³-hybridized carbons (Fsp3) is 0.571. The lowest BCUT2D eigenvalue weighted by Crippen LogP contribution is -2.21. The minimum absolute atomic E-state index is 0.752. The highest BCUT2D eigenvalue weighted by molar-refractivity contribution is 7.21. The third-order valence-corrected chi connectivity index (χ3v) is 5.81. The van der Waals surface area contributed by atoms with Gasteiger partial charge in [-0.1, -0.05) is 11.3 Å². The van der Waals surface area contributed by atoms with Gasteiger partial charge in [-0.3, -0.25) is 0 Å². The van der Waals surface area contributed by atoms with Crippen LogP contribution in [0.2, 0.25) is 0 Å². The molecule has 0 spiro atoms. The number of hydrogen-bond donors (Lipinski definition) is 1. The number of nitrogens with one attached hydrogen (secondary N) is 1. The highest BCUT2D eigenvalue weighted by Crippen LogP contribution is 2.37. The summed E-state index contributed by atoms with van der Waals surface area (Å²) in [5, 5.41) is 14.2. The second kappa shape index (κ2) is 6.76. The Morgan fingerprint density at radius 3 is 3.05 bits per heavy atom. The van der Waals surface area contributed by atoms with E-state index in [-0.39, 0.29) is 0 Å². The van der Waals surface area contributed by atoms with E-state index in [0.29, 0.717) is 0 Å². The second-order valence-corrected chi connectivity index (χ2v) is 7.11. The third kappa shape index (κ3) is 3.25. The molecule has 6 heteroatoms. The first-order valence-corrected chi connectivity index (χ1v) is 8.64. The van der Waals surface area contributed by atoms with Crippen LogP contribution in [-0.2, 0) is 24.0 Å². The number of fused-ring (bicyclic) bond motifs is 1. The molecular formula is C14H19N3OS2. The molecule has 3 rings (SSSR count). The summed E-state index contributed by atoms with van der Waals surface area (Å²) in [5.74, 6) is 0. The average Bonchev–Trinajstić information content (AvgIpc) is 3.12. The molecule has 108 valence electrons. The largest absolute Gasteiger partial charge is 0.383 e. The Hall–Kier alpha value is -0.820. The van der Waals surface area contributed by atoms with Crippen molar-refractivity contribution in [1.82, 2.24) is 15.5 Å². The van der Waals surface area contributed by atoms with Crippen LogP contribution < -0.4 is 5.32 Å². The van der Waals surface area contributed by atoms with Crippen LogP contribution in [0.5, 0.6) is 0 Å².